The predicted molar refractivity (Wildman–Crippen MR) is 75.9 cm³/mol. The molecule has 1 aromatic rings. The molecule has 3 heterocycles. The first-order chi connectivity index (χ1) is 8.88. The molecule has 0 unspecified atom stereocenters. The van der Waals surface area contributed by atoms with Crippen LogP contribution < -0.4 is 4.90 Å². The quantitative estimate of drug-likeness (QED) is 0.611. The second-order valence-corrected chi connectivity index (χ2v) is 6.24. The van der Waals surface area contributed by atoms with Crippen LogP contribution in [0.15, 0.2) is 10.1 Å². The van der Waals surface area contributed by atoms with Gasteiger partial charge in [-0.3, -0.25) is 0 Å². The van der Waals surface area contributed by atoms with Gasteiger partial charge in [-0.05, 0) is 24.9 Å². The zero-order valence-electron chi connectivity index (χ0n) is 10.5. The highest BCUT2D eigenvalue weighted by molar-refractivity contribution is 7.99. The average Bonchev–Trinajstić information content (AvgIpc) is 2.47. The Hall–Kier alpha value is -0.460. The van der Waals surface area contributed by atoms with Crippen molar-refractivity contribution >= 4 is 29.3 Å². The van der Waals surface area contributed by atoms with Crippen molar-refractivity contribution < 1.29 is 4.74 Å². The van der Waals surface area contributed by atoms with Gasteiger partial charge in [0.25, 0.3) is 0 Å². The Kier molecular flexibility index (Phi) is 3.96. The third kappa shape index (κ3) is 2.46. The maximum Gasteiger partial charge on any atom is 0.189 e. The fraction of sp³-hybridized carbons (Fsp3) is 0.667. The molecule has 6 heteroatoms. The van der Waals surface area contributed by atoms with Gasteiger partial charge >= 0.3 is 0 Å². The van der Waals surface area contributed by atoms with Crippen molar-refractivity contribution in [3.05, 3.63) is 5.69 Å². The van der Waals surface area contributed by atoms with E-state index in [4.69, 9.17) is 9.72 Å². The van der Waals surface area contributed by atoms with Gasteiger partial charge in [-0.25, -0.2) is 9.97 Å². The second-order valence-electron chi connectivity index (χ2n) is 4.36. The molecule has 4 nitrogen and oxygen atoms in total. The summed E-state index contributed by atoms with van der Waals surface area (Å²) in [7, 11) is 0. The highest BCUT2D eigenvalue weighted by Gasteiger charge is 2.23. The van der Waals surface area contributed by atoms with Gasteiger partial charge in [0.15, 0.2) is 5.16 Å². The SMILES string of the molecule is CSc1nc2c(c(N3CCOCC3)n1)SCCC2. The molecule has 0 spiro atoms. The molecule has 2 aliphatic heterocycles. The normalized spacial score (nSPS) is 19.7. The van der Waals surface area contributed by atoms with E-state index in [1.807, 2.05) is 18.0 Å². The lowest BCUT2D eigenvalue weighted by molar-refractivity contribution is 0.122. The second kappa shape index (κ2) is 5.67. The standard InChI is InChI=1S/C12H17N3OS2/c1-17-12-13-9-3-2-8-18-10(9)11(14-12)15-4-6-16-7-5-15/h2-8H2,1H3. The average molecular weight is 283 g/mol. The molecule has 1 aromatic heterocycles. The highest BCUT2D eigenvalue weighted by atomic mass is 32.2. The molecule has 0 N–H and O–H groups in total. The Balaban J connectivity index is 1.99. The van der Waals surface area contributed by atoms with E-state index < -0.39 is 0 Å². The van der Waals surface area contributed by atoms with Crippen LogP contribution in [0.5, 0.6) is 0 Å². The minimum Gasteiger partial charge on any atom is -0.378 e. The molecule has 0 saturated carbocycles. The van der Waals surface area contributed by atoms with E-state index in [1.54, 1.807) is 11.8 Å². The number of aromatic nitrogens is 2. The molecule has 0 atom stereocenters. The molecule has 0 aromatic carbocycles. The van der Waals surface area contributed by atoms with Gasteiger partial charge in [-0.2, -0.15) is 0 Å². The topological polar surface area (TPSA) is 38.2 Å². The first-order valence-electron chi connectivity index (χ1n) is 6.29. The van der Waals surface area contributed by atoms with Crippen LogP contribution in [0, 0.1) is 0 Å². The van der Waals surface area contributed by atoms with Gasteiger partial charge in [0.1, 0.15) is 5.82 Å². The van der Waals surface area contributed by atoms with Crippen molar-refractivity contribution in [1.29, 1.82) is 0 Å². The minimum absolute atomic E-state index is 0.804. The molecule has 0 radical (unpaired) electrons. The number of anilines is 1. The lowest BCUT2D eigenvalue weighted by Crippen LogP contribution is -2.37. The molecule has 2 aliphatic rings. The predicted octanol–water partition coefficient (Wildman–Crippen LogP) is 2.07. The molecular formula is C12H17N3OS2. The van der Waals surface area contributed by atoms with Crippen molar-refractivity contribution in [2.24, 2.45) is 0 Å². The number of thioether (sulfide) groups is 2. The Morgan fingerprint density at radius 1 is 1.28 bits per heavy atom. The van der Waals surface area contributed by atoms with Gasteiger partial charge in [0.05, 0.1) is 23.8 Å². The Morgan fingerprint density at radius 3 is 2.89 bits per heavy atom. The van der Waals surface area contributed by atoms with Gasteiger partial charge in [0, 0.05) is 13.1 Å². The Bertz CT molecular complexity index is 436. The maximum absolute atomic E-state index is 5.42. The highest BCUT2D eigenvalue weighted by Crippen LogP contribution is 2.37. The van der Waals surface area contributed by atoms with Crippen LogP contribution >= 0.6 is 23.5 Å². The number of fused-ring (bicyclic) bond motifs is 1. The third-order valence-electron chi connectivity index (χ3n) is 3.19. The van der Waals surface area contributed by atoms with Crippen LogP contribution in [0.25, 0.3) is 0 Å². The maximum atomic E-state index is 5.42. The van der Waals surface area contributed by atoms with Crippen LogP contribution in [-0.2, 0) is 11.2 Å². The van der Waals surface area contributed by atoms with Crippen LogP contribution in [0.2, 0.25) is 0 Å². The molecule has 0 bridgehead atoms. The monoisotopic (exact) mass is 283 g/mol. The summed E-state index contributed by atoms with van der Waals surface area (Å²) in [5.74, 6) is 2.32. The summed E-state index contributed by atoms with van der Waals surface area (Å²) in [6, 6.07) is 0. The number of rotatable bonds is 2. The number of hydrogen-bond donors (Lipinski definition) is 0. The molecule has 1 fully saturated rings. The summed E-state index contributed by atoms with van der Waals surface area (Å²) in [6.07, 6.45) is 4.36. The lowest BCUT2D eigenvalue weighted by atomic mass is 10.2. The summed E-state index contributed by atoms with van der Waals surface area (Å²) < 4.78 is 5.42. The largest absolute Gasteiger partial charge is 0.378 e. The number of ether oxygens (including phenoxy) is 1. The smallest absolute Gasteiger partial charge is 0.189 e. The molecule has 1 saturated heterocycles. The van der Waals surface area contributed by atoms with Crippen molar-refractivity contribution in [3.63, 3.8) is 0 Å². The van der Waals surface area contributed by atoms with Crippen LogP contribution in [0.3, 0.4) is 0 Å². The van der Waals surface area contributed by atoms with Crippen molar-refractivity contribution in [1.82, 2.24) is 9.97 Å². The lowest BCUT2D eigenvalue weighted by Gasteiger charge is -2.31. The third-order valence-corrected chi connectivity index (χ3v) is 4.94. The van der Waals surface area contributed by atoms with Crippen LogP contribution in [-0.4, -0.2) is 48.3 Å². The number of hydrogen-bond acceptors (Lipinski definition) is 6. The Morgan fingerprint density at radius 2 is 2.11 bits per heavy atom. The number of nitrogens with zero attached hydrogens (tertiary/aromatic N) is 3. The number of aryl methyl sites for hydroxylation is 1. The van der Waals surface area contributed by atoms with Gasteiger partial charge in [0.2, 0.25) is 0 Å². The molecule has 0 amide bonds. The molecule has 0 aliphatic carbocycles. The van der Waals surface area contributed by atoms with E-state index in [9.17, 15) is 0 Å². The fourth-order valence-electron chi connectivity index (χ4n) is 2.27. The summed E-state index contributed by atoms with van der Waals surface area (Å²) in [5.41, 5.74) is 1.24. The zero-order chi connectivity index (χ0) is 12.4. The first-order valence-corrected chi connectivity index (χ1v) is 8.50. The zero-order valence-corrected chi connectivity index (χ0v) is 12.1. The van der Waals surface area contributed by atoms with E-state index in [-0.39, 0.29) is 0 Å². The van der Waals surface area contributed by atoms with Gasteiger partial charge in [-0.1, -0.05) is 11.8 Å². The van der Waals surface area contributed by atoms with Gasteiger partial charge in [-0.15, -0.1) is 11.8 Å². The van der Waals surface area contributed by atoms with Crippen molar-refractivity contribution in [3.8, 4) is 0 Å². The van der Waals surface area contributed by atoms with E-state index in [2.05, 4.69) is 9.88 Å². The van der Waals surface area contributed by atoms with E-state index >= 15 is 0 Å². The van der Waals surface area contributed by atoms with Crippen molar-refractivity contribution in [2.75, 3.05) is 43.2 Å². The van der Waals surface area contributed by atoms with Crippen LogP contribution in [0.1, 0.15) is 12.1 Å². The summed E-state index contributed by atoms with van der Waals surface area (Å²) in [4.78, 5) is 13.0. The summed E-state index contributed by atoms with van der Waals surface area (Å²) >= 11 is 3.54. The summed E-state index contributed by atoms with van der Waals surface area (Å²) in [5, 5.41) is 0.901. The van der Waals surface area contributed by atoms with Gasteiger partial charge < -0.3 is 9.64 Å². The molecule has 98 valence electrons. The van der Waals surface area contributed by atoms with Crippen LogP contribution in [0.4, 0.5) is 5.82 Å². The molecule has 3 rings (SSSR count). The fourth-order valence-corrected chi connectivity index (χ4v) is 3.76. The van der Waals surface area contributed by atoms with E-state index in [0.717, 1.165) is 43.7 Å². The number of morpholine rings is 1. The molecule has 18 heavy (non-hydrogen) atoms. The Labute approximate surface area is 116 Å². The van der Waals surface area contributed by atoms with E-state index in [0.29, 0.717) is 0 Å². The van der Waals surface area contributed by atoms with E-state index in [1.165, 1.54) is 22.8 Å². The summed E-state index contributed by atoms with van der Waals surface area (Å²) in [6.45, 7) is 3.49. The minimum atomic E-state index is 0.804. The molecular weight excluding hydrogens is 266 g/mol. The first kappa shape index (κ1) is 12.6. The van der Waals surface area contributed by atoms with Crippen molar-refractivity contribution in [2.45, 2.75) is 22.9 Å².